The van der Waals surface area contributed by atoms with E-state index in [1.807, 2.05) is 42.6 Å². The fraction of sp³-hybridized carbons (Fsp3) is 0.324. The molecule has 0 bridgehead atoms. The standard InChI is InChI=1S/C37H40N2O4/c1-3-30-21-31(37(43-25-29-17-11-6-12-18-29)36(30)42-24-28-15-9-5-10-16-28)32-22-39(26-41-23-27-13-7-4-8-14-27)35-33(40-2)19-20-38-34(32)35/h4-20,22,30-31,36-37H,3,21,23-26H2,1-2H3/t30-,31-,36-,37?/m0/s1. The fourth-order valence-corrected chi connectivity index (χ4v) is 6.36. The van der Waals surface area contributed by atoms with Crippen LogP contribution in [0.1, 0.15) is 47.9 Å². The predicted molar refractivity (Wildman–Crippen MR) is 169 cm³/mol. The van der Waals surface area contributed by atoms with Gasteiger partial charge in [-0.25, -0.2) is 0 Å². The van der Waals surface area contributed by atoms with Gasteiger partial charge in [-0.1, -0.05) is 104 Å². The molecule has 1 saturated carbocycles. The normalized spacial score (nSPS) is 20.0. The molecule has 6 heteroatoms. The van der Waals surface area contributed by atoms with Crippen LogP contribution in [0.3, 0.4) is 0 Å². The van der Waals surface area contributed by atoms with Crippen LogP contribution in [0.4, 0.5) is 0 Å². The number of hydrogen-bond donors (Lipinski definition) is 0. The van der Waals surface area contributed by atoms with E-state index in [-0.39, 0.29) is 18.1 Å². The van der Waals surface area contributed by atoms with Crippen molar-refractivity contribution in [1.82, 2.24) is 9.55 Å². The Labute approximate surface area is 254 Å². The largest absolute Gasteiger partial charge is 0.494 e. The van der Waals surface area contributed by atoms with Crippen molar-refractivity contribution in [3.63, 3.8) is 0 Å². The second-order valence-corrected chi connectivity index (χ2v) is 11.3. The number of methoxy groups -OCH3 is 1. The molecule has 2 heterocycles. The molecule has 1 fully saturated rings. The number of fused-ring (bicyclic) bond motifs is 1. The molecular formula is C37H40N2O4. The van der Waals surface area contributed by atoms with E-state index in [0.717, 1.165) is 46.3 Å². The minimum atomic E-state index is -0.133. The summed E-state index contributed by atoms with van der Waals surface area (Å²) in [5.74, 6) is 1.24. The van der Waals surface area contributed by atoms with Gasteiger partial charge in [-0.05, 0) is 29.0 Å². The van der Waals surface area contributed by atoms with E-state index in [0.29, 0.717) is 32.5 Å². The molecule has 5 aromatic rings. The zero-order valence-corrected chi connectivity index (χ0v) is 25.0. The van der Waals surface area contributed by atoms with Crippen molar-refractivity contribution in [2.75, 3.05) is 7.11 Å². The Morgan fingerprint density at radius 2 is 1.33 bits per heavy atom. The molecule has 43 heavy (non-hydrogen) atoms. The molecular weight excluding hydrogens is 536 g/mol. The van der Waals surface area contributed by atoms with Crippen LogP contribution in [-0.4, -0.2) is 28.9 Å². The highest BCUT2D eigenvalue weighted by atomic mass is 16.5. The molecule has 0 radical (unpaired) electrons. The van der Waals surface area contributed by atoms with E-state index in [1.54, 1.807) is 7.11 Å². The molecule has 6 rings (SSSR count). The SMILES string of the molecule is CC[C@H]1C[C@@H](c2cn(COCc3ccccc3)c3c(OC)ccnc23)C(OCc2ccccc2)[C@H]1OCc1ccccc1. The van der Waals surface area contributed by atoms with Gasteiger partial charge in [0, 0.05) is 29.9 Å². The Kier molecular flexibility index (Phi) is 9.48. The molecule has 2 aromatic heterocycles. The highest BCUT2D eigenvalue weighted by molar-refractivity contribution is 5.86. The molecule has 0 spiro atoms. The number of rotatable bonds is 13. The average Bonchev–Trinajstić information content (AvgIpc) is 3.61. The van der Waals surface area contributed by atoms with Crippen LogP contribution >= 0.6 is 0 Å². The maximum absolute atomic E-state index is 6.82. The third-order valence-electron chi connectivity index (χ3n) is 8.54. The molecule has 6 nitrogen and oxygen atoms in total. The van der Waals surface area contributed by atoms with Gasteiger partial charge in [0.1, 0.15) is 18.0 Å². The molecule has 0 amide bonds. The minimum absolute atomic E-state index is 0.0442. The third kappa shape index (κ3) is 6.67. The summed E-state index contributed by atoms with van der Waals surface area (Å²) in [6.07, 6.45) is 5.81. The number of nitrogens with zero attached hydrogens (tertiary/aromatic N) is 2. The average molecular weight is 577 g/mol. The molecule has 0 N–H and O–H groups in total. The van der Waals surface area contributed by atoms with Crippen LogP contribution in [-0.2, 0) is 40.8 Å². The third-order valence-corrected chi connectivity index (χ3v) is 8.54. The van der Waals surface area contributed by atoms with E-state index in [9.17, 15) is 0 Å². The van der Waals surface area contributed by atoms with Gasteiger partial charge in [-0.3, -0.25) is 4.98 Å². The van der Waals surface area contributed by atoms with Crippen LogP contribution in [0.25, 0.3) is 11.0 Å². The molecule has 0 aliphatic heterocycles. The Hall–Kier alpha value is -3.97. The second-order valence-electron chi connectivity index (χ2n) is 11.3. The molecule has 4 atom stereocenters. The Balaban J connectivity index is 1.32. The lowest BCUT2D eigenvalue weighted by Crippen LogP contribution is -2.33. The van der Waals surface area contributed by atoms with Crippen molar-refractivity contribution in [2.45, 2.75) is 64.4 Å². The summed E-state index contributed by atoms with van der Waals surface area (Å²) in [5.41, 5.74) is 6.48. The Morgan fingerprint density at radius 3 is 1.91 bits per heavy atom. The topological polar surface area (TPSA) is 54.7 Å². The fourth-order valence-electron chi connectivity index (χ4n) is 6.36. The first-order chi connectivity index (χ1) is 21.2. The van der Waals surface area contributed by atoms with Gasteiger partial charge < -0.3 is 23.5 Å². The van der Waals surface area contributed by atoms with Gasteiger partial charge in [0.15, 0.2) is 0 Å². The van der Waals surface area contributed by atoms with E-state index < -0.39 is 0 Å². The first-order valence-electron chi connectivity index (χ1n) is 15.2. The van der Waals surface area contributed by atoms with Crippen LogP contribution in [0.15, 0.2) is 109 Å². The molecule has 222 valence electrons. The van der Waals surface area contributed by atoms with Gasteiger partial charge in [0.25, 0.3) is 0 Å². The molecule has 1 aliphatic carbocycles. The summed E-state index contributed by atoms with van der Waals surface area (Å²) < 4.78 is 27.7. The molecule has 1 unspecified atom stereocenters. The highest BCUT2D eigenvalue weighted by Crippen LogP contribution is 2.47. The van der Waals surface area contributed by atoms with Crippen molar-refractivity contribution in [2.24, 2.45) is 5.92 Å². The highest BCUT2D eigenvalue weighted by Gasteiger charge is 2.46. The van der Waals surface area contributed by atoms with Crippen molar-refractivity contribution in [1.29, 1.82) is 0 Å². The first kappa shape index (κ1) is 29.1. The van der Waals surface area contributed by atoms with Gasteiger partial charge >= 0.3 is 0 Å². The summed E-state index contributed by atoms with van der Waals surface area (Å²) in [4.78, 5) is 4.89. The summed E-state index contributed by atoms with van der Waals surface area (Å²) in [6, 6.07) is 32.9. The number of aromatic nitrogens is 2. The smallest absolute Gasteiger partial charge is 0.146 e. The summed E-state index contributed by atoms with van der Waals surface area (Å²) >= 11 is 0. The molecule has 1 aliphatic rings. The van der Waals surface area contributed by atoms with Crippen LogP contribution in [0.2, 0.25) is 0 Å². The van der Waals surface area contributed by atoms with Crippen molar-refractivity contribution in [3.05, 3.63) is 132 Å². The van der Waals surface area contributed by atoms with E-state index in [4.69, 9.17) is 23.9 Å². The lowest BCUT2D eigenvalue weighted by molar-refractivity contribution is -0.0886. The predicted octanol–water partition coefficient (Wildman–Crippen LogP) is 7.90. The lowest BCUT2D eigenvalue weighted by Gasteiger charge is -2.27. The molecule has 0 saturated heterocycles. The first-order valence-corrected chi connectivity index (χ1v) is 15.2. The van der Waals surface area contributed by atoms with Gasteiger partial charge in [-0.2, -0.15) is 0 Å². The van der Waals surface area contributed by atoms with Crippen molar-refractivity contribution >= 4 is 11.0 Å². The summed E-state index contributed by atoms with van der Waals surface area (Å²) in [7, 11) is 1.71. The van der Waals surface area contributed by atoms with E-state index in [2.05, 4.69) is 78.4 Å². The van der Waals surface area contributed by atoms with Crippen LogP contribution in [0.5, 0.6) is 5.75 Å². The maximum atomic E-state index is 6.82. The van der Waals surface area contributed by atoms with Gasteiger partial charge in [0.2, 0.25) is 0 Å². The van der Waals surface area contributed by atoms with Crippen molar-refractivity contribution < 1.29 is 18.9 Å². The summed E-state index contributed by atoms with van der Waals surface area (Å²) in [6.45, 7) is 4.25. The van der Waals surface area contributed by atoms with E-state index in [1.165, 1.54) is 5.56 Å². The second kappa shape index (κ2) is 14.0. The summed E-state index contributed by atoms with van der Waals surface area (Å²) in [5, 5.41) is 0. The Bertz CT molecular complexity index is 1570. The number of benzene rings is 3. The number of ether oxygens (including phenoxy) is 4. The minimum Gasteiger partial charge on any atom is -0.494 e. The lowest BCUT2D eigenvalue weighted by atomic mass is 9.95. The van der Waals surface area contributed by atoms with Crippen molar-refractivity contribution in [3.8, 4) is 5.75 Å². The van der Waals surface area contributed by atoms with Gasteiger partial charge in [0.05, 0.1) is 44.7 Å². The number of hydrogen-bond acceptors (Lipinski definition) is 5. The van der Waals surface area contributed by atoms with Crippen LogP contribution in [0, 0.1) is 5.92 Å². The Morgan fingerprint density at radius 1 is 0.744 bits per heavy atom. The maximum Gasteiger partial charge on any atom is 0.146 e. The quantitative estimate of drug-likeness (QED) is 0.143. The van der Waals surface area contributed by atoms with Gasteiger partial charge in [-0.15, -0.1) is 0 Å². The molecule has 3 aromatic carbocycles. The monoisotopic (exact) mass is 576 g/mol. The van der Waals surface area contributed by atoms with E-state index >= 15 is 0 Å². The zero-order chi connectivity index (χ0) is 29.4. The zero-order valence-electron chi connectivity index (χ0n) is 25.0. The van der Waals surface area contributed by atoms with Crippen LogP contribution < -0.4 is 4.74 Å². The number of pyridine rings is 1.